The fourth-order valence-electron chi connectivity index (χ4n) is 2.18. The van der Waals surface area contributed by atoms with E-state index in [1.165, 1.54) is 5.56 Å². The van der Waals surface area contributed by atoms with Gasteiger partial charge in [0.25, 0.3) is 0 Å². The molecule has 0 aliphatic heterocycles. The summed E-state index contributed by atoms with van der Waals surface area (Å²) >= 11 is 0. The van der Waals surface area contributed by atoms with E-state index in [0.29, 0.717) is 12.3 Å². The number of benzene rings is 1. The molecule has 0 saturated heterocycles. The van der Waals surface area contributed by atoms with E-state index in [2.05, 4.69) is 4.98 Å². The van der Waals surface area contributed by atoms with Gasteiger partial charge in [0.1, 0.15) is 24.6 Å². The predicted octanol–water partition coefficient (Wildman–Crippen LogP) is 3.19. The Bertz CT molecular complexity index is 822. The second kappa shape index (κ2) is 6.52. The number of fused-ring (bicyclic) bond motifs is 1. The molecule has 0 saturated carbocycles. The predicted molar refractivity (Wildman–Crippen MR) is 86.9 cm³/mol. The molecule has 5 heteroatoms. The monoisotopic (exact) mass is 310 g/mol. The van der Waals surface area contributed by atoms with Gasteiger partial charge in [-0.2, -0.15) is 0 Å². The molecule has 0 amide bonds. The lowest BCUT2D eigenvalue weighted by Crippen LogP contribution is -2.12. The van der Waals surface area contributed by atoms with Crippen LogP contribution in [0.5, 0.6) is 5.75 Å². The molecule has 1 aromatic carbocycles. The summed E-state index contributed by atoms with van der Waals surface area (Å²) in [6.45, 7) is 4.48. The van der Waals surface area contributed by atoms with Crippen LogP contribution < -0.4 is 4.74 Å². The smallest absolute Gasteiger partial charge is 0.358 e. The van der Waals surface area contributed by atoms with E-state index >= 15 is 0 Å². The van der Waals surface area contributed by atoms with Crippen molar-refractivity contribution in [3.8, 4) is 5.75 Å². The Morgan fingerprint density at radius 2 is 1.87 bits per heavy atom. The van der Waals surface area contributed by atoms with Crippen molar-refractivity contribution in [3.63, 3.8) is 0 Å². The molecule has 0 N–H and O–H groups in total. The molecule has 5 nitrogen and oxygen atoms in total. The quantitative estimate of drug-likeness (QED) is 0.536. The summed E-state index contributed by atoms with van der Waals surface area (Å²) in [5, 5.41) is 0. The van der Waals surface area contributed by atoms with Crippen molar-refractivity contribution in [1.29, 1.82) is 0 Å². The van der Waals surface area contributed by atoms with Crippen LogP contribution in [0.4, 0.5) is 0 Å². The molecule has 23 heavy (non-hydrogen) atoms. The molecule has 0 fully saturated rings. The summed E-state index contributed by atoms with van der Waals surface area (Å²) < 4.78 is 12.5. The minimum Gasteiger partial charge on any atom is -0.490 e. The summed E-state index contributed by atoms with van der Waals surface area (Å²) in [4.78, 5) is 16.3. The van der Waals surface area contributed by atoms with Crippen LogP contribution in [0.2, 0.25) is 0 Å². The van der Waals surface area contributed by atoms with Gasteiger partial charge in [-0.15, -0.1) is 0 Å². The van der Waals surface area contributed by atoms with Crippen molar-refractivity contribution in [1.82, 2.24) is 9.38 Å². The molecule has 0 bridgehead atoms. The maximum absolute atomic E-state index is 12.0. The molecule has 0 spiro atoms. The highest BCUT2D eigenvalue weighted by Gasteiger charge is 2.12. The van der Waals surface area contributed by atoms with Gasteiger partial charge in [-0.05, 0) is 43.7 Å². The van der Waals surface area contributed by atoms with E-state index in [0.717, 1.165) is 17.0 Å². The number of pyridine rings is 1. The van der Waals surface area contributed by atoms with E-state index in [1.54, 1.807) is 10.6 Å². The Labute approximate surface area is 134 Å². The first-order chi connectivity index (χ1) is 11.1. The zero-order valence-electron chi connectivity index (χ0n) is 13.2. The van der Waals surface area contributed by atoms with Crippen LogP contribution in [0.25, 0.3) is 5.65 Å². The number of hydrogen-bond acceptors (Lipinski definition) is 4. The van der Waals surface area contributed by atoms with Gasteiger partial charge in [-0.3, -0.25) is 0 Å². The molecule has 0 aliphatic carbocycles. The summed E-state index contributed by atoms with van der Waals surface area (Å²) in [5.41, 5.74) is 3.29. The number of ether oxygens (including phenoxy) is 2. The second-order valence-corrected chi connectivity index (χ2v) is 5.39. The van der Waals surface area contributed by atoms with Crippen molar-refractivity contribution in [2.45, 2.75) is 13.8 Å². The Balaban J connectivity index is 1.53. The Morgan fingerprint density at radius 3 is 2.65 bits per heavy atom. The molecule has 0 radical (unpaired) electrons. The molecule has 2 heterocycles. The van der Waals surface area contributed by atoms with Crippen LogP contribution in [0, 0.1) is 13.8 Å². The number of carbonyl (C=O) groups is 1. The molecule has 3 aromatic rings. The average Bonchev–Trinajstić information content (AvgIpc) is 2.96. The second-order valence-electron chi connectivity index (χ2n) is 5.39. The van der Waals surface area contributed by atoms with Gasteiger partial charge >= 0.3 is 5.97 Å². The zero-order valence-corrected chi connectivity index (χ0v) is 13.2. The van der Waals surface area contributed by atoms with Crippen molar-refractivity contribution in [3.05, 3.63) is 65.6 Å². The van der Waals surface area contributed by atoms with Gasteiger partial charge in [0.05, 0.1) is 0 Å². The summed E-state index contributed by atoms with van der Waals surface area (Å²) in [7, 11) is 0. The summed E-state index contributed by atoms with van der Waals surface area (Å²) in [6, 6.07) is 11.6. The van der Waals surface area contributed by atoms with Gasteiger partial charge in [0.2, 0.25) is 0 Å². The first-order valence-corrected chi connectivity index (χ1v) is 7.44. The van der Waals surface area contributed by atoms with Crippen LogP contribution >= 0.6 is 0 Å². The summed E-state index contributed by atoms with van der Waals surface area (Å²) in [6.07, 6.45) is 3.53. The lowest BCUT2D eigenvalue weighted by Gasteiger charge is -2.06. The third-order valence-corrected chi connectivity index (χ3v) is 3.43. The molecule has 0 atom stereocenters. The Hall–Kier alpha value is -2.82. The summed E-state index contributed by atoms with van der Waals surface area (Å²) in [5.74, 6) is 0.314. The molecule has 2 aromatic heterocycles. The molecular weight excluding hydrogens is 292 g/mol. The van der Waals surface area contributed by atoms with Crippen molar-refractivity contribution < 1.29 is 14.3 Å². The number of aryl methyl sites for hydroxylation is 2. The van der Waals surface area contributed by atoms with E-state index in [4.69, 9.17) is 9.47 Å². The normalized spacial score (nSPS) is 10.7. The highest BCUT2D eigenvalue weighted by atomic mass is 16.6. The number of carbonyl (C=O) groups excluding carboxylic acids is 1. The van der Waals surface area contributed by atoms with Crippen molar-refractivity contribution in [2.24, 2.45) is 0 Å². The largest absolute Gasteiger partial charge is 0.490 e. The van der Waals surface area contributed by atoms with Gasteiger partial charge < -0.3 is 13.9 Å². The first kappa shape index (κ1) is 15.1. The minimum atomic E-state index is -0.446. The molecular formula is C18H18N2O3. The van der Waals surface area contributed by atoms with E-state index in [9.17, 15) is 4.79 Å². The number of aromatic nitrogens is 2. The standard InChI is InChI=1S/C18H18N2O3/c1-13-3-5-15(6-4-13)22-9-10-23-18(21)16-12-20-8-7-14(2)11-17(20)19-16/h3-8,11-12H,9-10H2,1-2H3. The van der Waals surface area contributed by atoms with Crippen LogP contribution in [0.1, 0.15) is 21.6 Å². The lowest BCUT2D eigenvalue weighted by molar-refractivity contribution is 0.0444. The fraction of sp³-hybridized carbons (Fsp3) is 0.222. The lowest BCUT2D eigenvalue weighted by atomic mass is 10.2. The van der Waals surface area contributed by atoms with E-state index in [-0.39, 0.29) is 6.61 Å². The average molecular weight is 310 g/mol. The van der Waals surface area contributed by atoms with E-state index < -0.39 is 5.97 Å². The van der Waals surface area contributed by atoms with Crippen LogP contribution in [-0.4, -0.2) is 28.6 Å². The zero-order chi connectivity index (χ0) is 16.2. The highest BCUT2D eigenvalue weighted by molar-refractivity contribution is 5.88. The first-order valence-electron chi connectivity index (χ1n) is 7.44. The molecule has 0 unspecified atom stereocenters. The molecule has 118 valence electrons. The van der Waals surface area contributed by atoms with Crippen LogP contribution in [0.3, 0.4) is 0 Å². The minimum absolute atomic E-state index is 0.180. The van der Waals surface area contributed by atoms with Gasteiger partial charge in [-0.1, -0.05) is 17.7 Å². The number of imidazole rings is 1. The van der Waals surface area contributed by atoms with E-state index in [1.807, 2.05) is 56.4 Å². The SMILES string of the molecule is Cc1ccc(OCCOC(=O)c2cn3ccc(C)cc3n2)cc1. The fourth-order valence-corrected chi connectivity index (χ4v) is 2.18. The number of rotatable bonds is 5. The van der Waals surface area contributed by atoms with Crippen LogP contribution in [0.15, 0.2) is 48.8 Å². The Kier molecular flexibility index (Phi) is 4.28. The van der Waals surface area contributed by atoms with Crippen molar-refractivity contribution in [2.75, 3.05) is 13.2 Å². The van der Waals surface area contributed by atoms with Gasteiger partial charge in [0, 0.05) is 12.4 Å². The Morgan fingerprint density at radius 1 is 1.09 bits per heavy atom. The van der Waals surface area contributed by atoms with Crippen LogP contribution in [-0.2, 0) is 4.74 Å². The molecule has 3 rings (SSSR count). The van der Waals surface area contributed by atoms with Gasteiger partial charge in [-0.25, -0.2) is 9.78 Å². The maximum atomic E-state index is 12.0. The maximum Gasteiger partial charge on any atom is 0.358 e. The number of hydrogen-bond donors (Lipinski definition) is 0. The third-order valence-electron chi connectivity index (χ3n) is 3.43. The number of nitrogens with zero attached hydrogens (tertiary/aromatic N) is 2. The topological polar surface area (TPSA) is 52.8 Å². The van der Waals surface area contributed by atoms with Gasteiger partial charge in [0.15, 0.2) is 5.69 Å². The third kappa shape index (κ3) is 3.69. The van der Waals surface area contributed by atoms with Crippen molar-refractivity contribution >= 4 is 11.6 Å². The molecule has 0 aliphatic rings. The number of esters is 1. The highest BCUT2D eigenvalue weighted by Crippen LogP contribution is 2.11.